The van der Waals surface area contributed by atoms with E-state index in [0.717, 1.165) is 19.4 Å². The van der Waals surface area contributed by atoms with E-state index in [9.17, 15) is 13.2 Å². The highest BCUT2D eigenvalue weighted by Crippen LogP contribution is 2.27. The topological polar surface area (TPSA) is 54.5 Å². The van der Waals surface area contributed by atoms with Crippen molar-refractivity contribution >= 4 is 15.7 Å². The summed E-state index contributed by atoms with van der Waals surface area (Å²) in [5.74, 6) is 1.17. The second kappa shape index (κ2) is 5.81. The van der Waals surface area contributed by atoms with Crippen molar-refractivity contribution in [2.75, 3.05) is 18.1 Å². The summed E-state index contributed by atoms with van der Waals surface area (Å²) in [4.78, 5) is 14.4. The van der Waals surface area contributed by atoms with Crippen molar-refractivity contribution in [1.29, 1.82) is 0 Å². The number of carbonyl (C=O) groups is 1. The largest absolute Gasteiger partial charge is 0.339 e. The Morgan fingerprint density at radius 3 is 2.58 bits per heavy atom. The van der Waals surface area contributed by atoms with Crippen molar-refractivity contribution in [1.82, 2.24) is 4.90 Å². The normalized spacial score (nSPS) is 30.8. The molecule has 0 saturated carbocycles. The third-order valence-corrected chi connectivity index (χ3v) is 6.27. The highest BCUT2D eigenvalue weighted by molar-refractivity contribution is 7.91. The van der Waals surface area contributed by atoms with E-state index in [2.05, 4.69) is 13.8 Å². The van der Waals surface area contributed by atoms with Gasteiger partial charge in [0.25, 0.3) is 0 Å². The van der Waals surface area contributed by atoms with Crippen LogP contribution in [0.2, 0.25) is 0 Å². The molecule has 0 bridgehead atoms. The molecule has 0 aliphatic carbocycles. The van der Waals surface area contributed by atoms with E-state index in [1.54, 1.807) is 0 Å². The first-order valence-electron chi connectivity index (χ1n) is 7.39. The number of nitrogens with zero attached hydrogens (tertiary/aromatic N) is 1. The Balaban J connectivity index is 1.95. The highest BCUT2D eigenvalue weighted by atomic mass is 32.2. The molecule has 2 rings (SSSR count). The van der Waals surface area contributed by atoms with Gasteiger partial charge in [-0.25, -0.2) is 8.42 Å². The van der Waals surface area contributed by atoms with Crippen LogP contribution in [-0.4, -0.2) is 43.3 Å². The van der Waals surface area contributed by atoms with E-state index in [0.29, 0.717) is 24.8 Å². The van der Waals surface area contributed by atoms with Crippen LogP contribution in [-0.2, 0) is 14.6 Å². The van der Waals surface area contributed by atoms with Gasteiger partial charge >= 0.3 is 0 Å². The SMILES string of the molecule is CC(C)C1CCCCN1C(=O)CC1CCS(=O)(=O)C1. The number of sulfone groups is 1. The Bertz CT molecular complexity index is 430. The Morgan fingerprint density at radius 1 is 1.26 bits per heavy atom. The number of rotatable bonds is 3. The van der Waals surface area contributed by atoms with Gasteiger partial charge in [0, 0.05) is 19.0 Å². The standard InChI is InChI=1S/C14H25NO3S/c1-11(2)13-5-3-4-7-15(13)14(16)9-12-6-8-19(17,18)10-12/h11-13H,3-10H2,1-2H3. The van der Waals surface area contributed by atoms with Gasteiger partial charge in [-0.2, -0.15) is 0 Å². The quantitative estimate of drug-likeness (QED) is 0.796. The third-order valence-electron chi connectivity index (χ3n) is 4.43. The molecule has 2 heterocycles. The van der Waals surface area contributed by atoms with Gasteiger partial charge < -0.3 is 4.90 Å². The molecule has 19 heavy (non-hydrogen) atoms. The molecule has 2 saturated heterocycles. The fourth-order valence-corrected chi connectivity index (χ4v) is 5.22. The van der Waals surface area contributed by atoms with Crippen LogP contribution in [0.15, 0.2) is 0 Å². The Morgan fingerprint density at radius 2 is 2.00 bits per heavy atom. The van der Waals surface area contributed by atoms with E-state index in [1.807, 2.05) is 4.90 Å². The molecule has 110 valence electrons. The number of piperidine rings is 1. The van der Waals surface area contributed by atoms with Crippen LogP contribution in [0.25, 0.3) is 0 Å². The molecule has 0 N–H and O–H groups in total. The van der Waals surface area contributed by atoms with Crippen molar-refractivity contribution in [3.8, 4) is 0 Å². The lowest BCUT2D eigenvalue weighted by Crippen LogP contribution is -2.46. The molecule has 2 aliphatic heterocycles. The summed E-state index contributed by atoms with van der Waals surface area (Å²) < 4.78 is 22.9. The zero-order valence-electron chi connectivity index (χ0n) is 12.0. The number of amides is 1. The zero-order chi connectivity index (χ0) is 14.0. The van der Waals surface area contributed by atoms with Gasteiger partial charge in [-0.1, -0.05) is 13.8 Å². The maximum atomic E-state index is 12.4. The lowest BCUT2D eigenvalue weighted by Gasteiger charge is -2.38. The molecule has 2 unspecified atom stereocenters. The van der Waals surface area contributed by atoms with E-state index in [1.165, 1.54) is 6.42 Å². The van der Waals surface area contributed by atoms with Gasteiger partial charge in [-0.15, -0.1) is 0 Å². The number of likely N-dealkylation sites (tertiary alicyclic amines) is 1. The minimum absolute atomic E-state index is 0.0484. The minimum atomic E-state index is -2.87. The fraction of sp³-hybridized carbons (Fsp3) is 0.929. The Labute approximate surface area is 116 Å². The van der Waals surface area contributed by atoms with Gasteiger partial charge in [0.1, 0.15) is 0 Å². The highest BCUT2D eigenvalue weighted by Gasteiger charge is 2.33. The molecule has 0 aromatic rings. The molecule has 1 amide bonds. The van der Waals surface area contributed by atoms with Gasteiger partial charge in [0.15, 0.2) is 9.84 Å². The maximum absolute atomic E-state index is 12.4. The first-order chi connectivity index (χ1) is 8.89. The number of carbonyl (C=O) groups excluding carboxylic acids is 1. The molecular weight excluding hydrogens is 262 g/mol. The molecule has 4 nitrogen and oxygen atoms in total. The predicted octanol–water partition coefficient (Wildman–Crippen LogP) is 1.85. The van der Waals surface area contributed by atoms with Crippen LogP contribution in [0.3, 0.4) is 0 Å². The van der Waals surface area contributed by atoms with Crippen molar-refractivity contribution in [2.24, 2.45) is 11.8 Å². The molecule has 0 aromatic heterocycles. The first kappa shape index (κ1) is 14.8. The molecule has 2 atom stereocenters. The summed E-state index contributed by atoms with van der Waals surface area (Å²) in [7, 11) is -2.87. The average molecular weight is 287 g/mol. The first-order valence-corrected chi connectivity index (χ1v) is 9.21. The summed E-state index contributed by atoms with van der Waals surface area (Å²) in [5, 5.41) is 0. The number of hydrogen-bond acceptors (Lipinski definition) is 3. The second-order valence-corrected chi connectivity index (χ2v) is 8.60. The van der Waals surface area contributed by atoms with E-state index in [-0.39, 0.29) is 23.3 Å². The Hall–Kier alpha value is -0.580. The van der Waals surface area contributed by atoms with Crippen LogP contribution in [0.5, 0.6) is 0 Å². The zero-order valence-corrected chi connectivity index (χ0v) is 12.8. The molecule has 2 aliphatic rings. The van der Waals surface area contributed by atoms with E-state index in [4.69, 9.17) is 0 Å². The fourth-order valence-electron chi connectivity index (χ4n) is 3.36. The van der Waals surface area contributed by atoms with E-state index >= 15 is 0 Å². The van der Waals surface area contributed by atoms with Crippen molar-refractivity contribution in [2.45, 2.75) is 52.0 Å². The summed E-state index contributed by atoms with van der Waals surface area (Å²) >= 11 is 0. The average Bonchev–Trinajstić information content (AvgIpc) is 2.68. The molecular formula is C14H25NO3S. The molecule has 2 fully saturated rings. The van der Waals surface area contributed by atoms with Crippen molar-refractivity contribution in [3.63, 3.8) is 0 Å². The summed E-state index contributed by atoms with van der Waals surface area (Å²) in [6.07, 6.45) is 4.45. The van der Waals surface area contributed by atoms with Crippen LogP contribution in [0.1, 0.15) is 46.0 Å². The summed E-state index contributed by atoms with van der Waals surface area (Å²) in [5.41, 5.74) is 0. The Kier molecular flexibility index (Phi) is 4.54. The minimum Gasteiger partial charge on any atom is -0.339 e. The van der Waals surface area contributed by atoms with Crippen LogP contribution in [0.4, 0.5) is 0 Å². The van der Waals surface area contributed by atoms with Gasteiger partial charge in [-0.3, -0.25) is 4.79 Å². The molecule has 0 radical (unpaired) electrons. The lowest BCUT2D eigenvalue weighted by atomic mass is 9.91. The second-order valence-electron chi connectivity index (χ2n) is 6.37. The van der Waals surface area contributed by atoms with Crippen molar-refractivity contribution in [3.05, 3.63) is 0 Å². The third kappa shape index (κ3) is 3.71. The van der Waals surface area contributed by atoms with Crippen LogP contribution >= 0.6 is 0 Å². The van der Waals surface area contributed by atoms with Gasteiger partial charge in [0.2, 0.25) is 5.91 Å². The van der Waals surface area contributed by atoms with Crippen molar-refractivity contribution < 1.29 is 13.2 Å². The van der Waals surface area contributed by atoms with Gasteiger partial charge in [0.05, 0.1) is 11.5 Å². The number of hydrogen-bond donors (Lipinski definition) is 0. The lowest BCUT2D eigenvalue weighted by molar-refractivity contribution is -0.136. The molecule has 0 aromatic carbocycles. The van der Waals surface area contributed by atoms with Crippen LogP contribution < -0.4 is 0 Å². The summed E-state index contributed by atoms with van der Waals surface area (Å²) in [6, 6.07) is 0.347. The van der Waals surface area contributed by atoms with Crippen LogP contribution in [0, 0.1) is 11.8 Å². The smallest absolute Gasteiger partial charge is 0.223 e. The maximum Gasteiger partial charge on any atom is 0.223 e. The predicted molar refractivity (Wildman–Crippen MR) is 75.6 cm³/mol. The summed E-state index contributed by atoms with van der Waals surface area (Å²) in [6.45, 7) is 5.17. The monoisotopic (exact) mass is 287 g/mol. The van der Waals surface area contributed by atoms with Gasteiger partial charge in [-0.05, 0) is 37.5 Å². The van der Waals surface area contributed by atoms with E-state index < -0.39 is 9.84 Å². The molecule has 5 heteroatoms. The molecule has 0 spiro atoms.